The Labute approximate surface area is 170 Å². The smallest absolute Gasteiger partial charge is 0.437 e. The van der Waals surface area contributed by atoms with Crippen molar-refractivity contribution in [1.82, 2.24) is 0 Å². The summed E-state index contributed by atoms with van der Waals surface area (Å²) in [6.45, 7) is 0.0144. The topological polar surface area (TPSA) is 85.9 Å². The third kappa shape index (κ3) is 6.27. The molecule has 9 heteroatoms. The molecule has 2 aromatic carbocycles. The number of amidine groups is 1. The Morgan fingerprint density at radius 2 is 1.81 bits per heavy atom. The zero-order valence-electron chi connectivity index (χ0n) is 14.3. The van der Waals surface area contributed by atoms with E-state index in [1.165, 1.54) is 17.1 Å². The number of hydrogen-bond acceptors (Lipinski definition) is 6. The summed E-state index contributed by atoms with van der Waals surface area (Å²) in [6, 6.07) is 14.5. The van der Waals surface area contributed by atoms with E-state index in [2.05, 4.69) is 22.6 Å². The molecule has 1 saturated heterocycles. The highest BCUT2D eigenvalue weighted by Gasteiger charge is 2.17. The van der Waals surface area contributed by atoms with Crippen LogP contribution in [0.4, 0.5) is 10.5 Å². The number of anilines is 1. The van der Waals surface area contributed by atoms with Crippen LogP contribution < -0.4 is 15.8 Å². The molecule has 0 aromatic heterocycles. The number of carbonyl (C=O) groups is 1. The van der Waals surface area contributed by atoms with Crippen molar-refractivity contribution in [2.45, 2.75) is 4.58 Å². The van der Waals surface area contributed by atoms with E-state index in [-0.39, 0.29) is 12.4 Å². The fraction of sp³-hybridized carbons (Fsp3) is 0.222. The first-order valence-corrected chi connectivity index (χ1v) is 10.6. The molecular formula is C18H18ClN3O3S2. The maximum Gasteiger partial charge on any atom is 0.437 e. The first-order valence-electron chi connectivity index (χ1n) is 8.12. The summed E-state index contributed by atoms with van der Waals surface area (Å²) in [5, 5.41) is 6.63. The van der Waals surface area contributed by atoms with E-state index < -0.39 is 6.09 Å². The fourth-order valence-corrected chi connectivity index (χ4v) is 5.22. The molecule has 0 atom stereocenters. The number of hydrogen-bond donors (Lipinski definition) is 2. The maximum absolute atomic E-state index is 11.7. The SMILES string of the molecule is N/C(COc1ccc(C2SCCS2)cc1)=N/OC(=O)Nc1ccc(Cl)cc1. The van der Waals surface area contributed by atoms with Crippen molar-refractivity contribution in [2.24, 2.45) is 10.9 Å². The van der Waals surface area contributed by atoms with E-state index in [1.807, 2.05) is 35.7 Å². The van der Waals surface area contributed by atoms with Gasteiger partial charge in [0.15, 0.2) is 5.84 Å². The number of ether oxygens (including phenoxy) is 1. The summed E-state index contributed by atoms with van der Waals surface area (Å²) in [5.41, 5.74) is 7.52. The predicted octanol–water partition coefficient (Wildman–Crippen LogP) is 4.72. The molecule has 1 fully saturated rings. The van der Waals surface area contributed by atoms with Gasteiger partial charge in [-0.15, -0.1) is 23.5 Å². The zero-order chi connectivity index (χ0) is 19.1. The number of halogens is 1. The van der Waals surface area contributed by atoms with Crippen LogP contribution in [0.25, 0.3) is 0 Å². The first kappa shape index (κ1) is 19.7. The molecule has 0 spiro atoms. The van der Waals surface area contributed by atoms with Crippen LogP contribution in [0, 0.1) is 0 Å². The molecule has 0 saturated carbocycles. The Morgan fingerprint density at radius 3 is 2.48 bits per heavy atom. The summed E-state index contributed by atoms with van der Waals surface area (Å²) in [7, 11) is 0. The minimum absolute atomic E-state index is 0.0144. The lowest BCUT2D eigenvalue weighted by molar-refractivity contribution is 0.165. The van der Waals surface area contributed by atoms with Crippen molar-refractivity contribution < 1.29 is 14.4 Å². The van der Waals surface area contributed by atoms with Crippen molar-refractivity contribution in [1.29, 1.82) is 0 Å². The molecule has 2 aromatic rings. The number of nitrogens with two attached hydrogens (primary N) is 1. The quantitative estimate of drug-likeness (QED) is 0.302. The number of carbonyl (C=O) groups excluding carboxylic acids is 1. The third-order valence-electron chi connectivity index (χ3n) is 3.50. The Kier molecular flexibility index (Phi) is 7.14. The fourth-order valence-electron chi connectivity index (χ4n) is 2.23. The summed E-state index contributed by atoms with van der Waals surface area (Å²) in [5.74, 6) is 3.10. The van der Waals surface area contributed by atoms with Crippen LogP contribution >= 0.6 is 35.1 Å². The summed E-state index contributed by atoms with van der Waals surface area (Å²) < 4.78 is 6.05. The van der Waals surface area contributed by atoms with Crippen LogP contribution in [0.2, 0.25) is 5.02 Å². The normalized spacial score (nSPS) is 14.8. The molecule has 0 aliphatic carbocycles. The monoisotopic (exact) mass is 423 g/mol. The molecular weight excluding hydrogens is 406 g/mol. The number of thioether (sulfide) groups is 2. The highest BCUT2D eigenvalue weighted by Crippen LogP contribution is 2.45. The molecule has 27 heavy (non-hydrogen) atoms. The van der Waals surface area contributed by atoms with Gasteiger partial charge in [0.2, 0.25) is 0 Å². The second kappa shape index (κ2) is 9.77. The van der Waals surface area contributed by atoms with Crippen LogP contribution in [0.15, 0.2) is 53.7 Å². The molecule has 1 aliphatic rings. The van der Waals surface area contributed by atoms with Gasteiger partial charge in [-0.25, -0.2) is 4.79 Å². The average molecular weight is 424 g/mol. The van der Waals surface area contributed by atoms with E-state index in [1.54, 1.807) is 24.3 Å². The van der Waals surface area contributed by atoms with Crippen molar-refractivity contribution >= 4 is 52.7 Å². The Morgan fingerprint density at radius 1 is 1.15 bits per heavy atom. The van der Waals surface area contributed by atoms with Gasteiger partial charge in [0.05, 0.1) is 4.58 Å². The van der Waals surface area contributed by atoms with E-state index in [0.717, 1.165) is 0 Å². The van der Waals surface area contributed by atoms with E-state index >= 15 is 0 Å². The number of amides is 1. The van der Waals surface area contributed by atoms with Crippen molar-refractivity contribution in [3.63, 3.8) is 0 Å². The van der Waals surface area contributed by atoms with Gasteiger partial charge in [0.25, 0.3) is 0 Å². The van der Waals surface area contributed by atoms with Gasteiger partial charge in [-0.2, -0.15) is 0 Å². The number of benzene rings is 2. The number of rotatable bonds is 6. The molecule has 6 nitrogen and oxygen atoms in total. The minimum atomic E-state index is -0.754. The number of oxime groups is 1. The van der Waals surface area contributed by atoms with Gasteiger partial charge in [-0.1, -0.05) is 28.9 Å². The molecule has 0 bridgehead atoms. The lowest BCUT2D eigenvalue weighted by Crippen LogP contribution is -2.23. The van der Waals surface area contributed by atoms with Gasteiger partial charge in [0, 0.05) is 22.2 Å². The average Bonchev–Trinajstić information content (AvgIpc) is 3.22. The van der Waals surface area contributed by atoms with E-state index in [9.17, 15) is 4.79 Å². The second-order valence-corrected chi connectivity index (χ2v) is 8.69. The predicted molar refractivity (Wildman–Crippen MR) is 113 cm³/mol. The van der Waals surface area contributed by atoms with E-state index in [0.29, 0.717) is 21.0 Å². The van der Waals surface area contributed by atoms with Crippen molar-refractivity contribution in [3.05, 3.63) is 59.1 Å². The van der Waals surface area contributed by atoms with Gasteiger partial charge in [-0.3, -0.25) is 10.2 Å². The number of nitrogens with zero attached hydrogens (tertiary/aromatic N) is 1. The molecule has 3 N–H and O–H groups in total. The van der Waals surface area contributed by atoms with Crippen LogP contribution in [-0.2, 0) is 4.84 Å². The van der Waals surface area contributed by atoms with Crippen LogP contribution in [0.5, 0.6) is 5.75 Å². The third-order valence-corrected chi connectivity index (χ3v) is 6.85. The van der Waals surface area contributed by atoms with Gasteiger partial charge >= 0.3 is 6.09 Å². The van der Waals surface area contributed by atoms with E-state index in [4.69, 9.17) is 26.9 Å². The largest absolute Gasteiger partial charge is 0.486 e. The van der Waals surface area contributed by atoms with Crippen LogP contribution in [-0.4, -0.2) is 30.0 Å². The van der Waals surface area contributed by atoms with Crippen molar-refractivity contribution in [3.8, 4) is 5.75 Å². The standard InChI is InChI=1S/C18H18ClN3O3S2/c19-13-3-5-14(6-4-13)21-18(23)25-22-16(20)11-24-15-7-1-12(2-8-15)17-26-9-10-27-17/h1-8,17H,9-11H2,(H2,20,22)(H,21,23). The lowest BCUT2D eigenvalue weighted by Gasteiger charge is -2.10. The van der Waals surface area contributed by atoms with Gasteiger partial charge < -0.3 is 10.5 Å². The zero-order valence-corrected chi connectivity index (χ0v) is 16.7. The molecule has 142 valence electrons. The number of nitrogens with one attached hydrogen (secondary N) is 1. The van der Waals surface area contributed by atoms with Crippen LogP contribution in [0.3, 0.4) is 0 Å². The summed E-state index contributed by atoms with van der Waals surface area (Å²) in [4.78, 5) is 16.4. The Hall–Kier alpha value is -2.03. The Balaban J connectivity index is 1.43. The summed E-state index contributed by atoms with van der Waals surface area (Å²) in [6.07, 6.45) is -0.754. The lowest BCUT2D eigenvalue weighted by atomic mass is 10.2. The first-order chi connectivity index (χ1) is 13.1. The molecule has 3 rings (SSSR count). The summed E-state index contributed by atoms with van der Waals surface area (Å²) >= 11 is 9.68. The van der Waals surface area contributed by atoms with Gasteiger partial charge in [0.1, 0.15) is 12.4 Å². The second-order valence-electron chi connectivity index (χ2n) is 5.52. The molecule has 0 radical (unpaired) electrons. The van der Waals surface area contributed by atoms with Crippen LogP contribution in [0.1, 0.15) is 10.1 Å². The molecule has 1 heterocycles. The minimum Gasteiger partial charge on any atom is -0.486 e. The Bertz CT molecular complexity index is 795. The highest BCUT2D eigenvalue weighted by atomic mass is 35.5. The highest BCUT2D eigenvalue weighted by molar-refractivity contribution is 8.19. The molecule has 1 amide bonds. The van der Waals surface area contributed by atoms with Gasteiger partial charge in [-0.05, 0) is 42.0 Å². The molecule has 1 aliphatic heterocycles. The van der Waals surface area contributed by atoms with Crippen molar-refractivity contribution in [2.75, 3.05) is 23.4 Å². The molecule has 0 unspecified atom stereocenters. The maximum atomic E-state index is 11.7.